The van der Waals surface area contributed by atoms with E-state index in [1.165, 1.54) is 13.8 Å². The van der Waals surface area contributed by atoms with E-state index < -0.39 is 35.8 Å². The van der Waals surface area contributed by atoms with E-state index in [0.717, 1.165) is 0 Å². The third-order valence-corrected chi connectivity index (χ3v) is 2.09. The molecule has 0 spiro atoms. The van der Waals surface area contributed by atoms with Gasteiger partial charge in [0.2, 0.25) is 11.8 Å². The van der Waals surface area contributed by atoms with Gasteiger partial charge in [0.05, 0.1) is 0 Å². The summed E-state index contributed by atoms with van der Waals surface area (Å²) in [6.07, 6.45) is -0.303. The minimum atomic E-state index is -1.23. The van der Waals surface area contributed by atoms with Gasteiger partial charge in [0, 0.05) is 26.7 Å². The Morgan fingerprint density at radius 1 is 0.850 bits per heavy atom. The van der Waals surface area contributed by atoms with Gasteiger partial charge in [0.15, 0.2) is 0 Å². The predicted octanol–water partition coefficient (Wildman–Crippen LogP) is -1.05. The molecule has 2 atom stereocenters. The Bertz CT molecular complexity index is 422. The Kier molecular flexibility index (Phi) is 7.43. The van der Waals surface area contributed by atoms with Crippen molar-refractivity contribution < 1.29 is 29.4 Å². The normalized spacial score (nSPS) is 12.3. The number of carbonyl (C=O) groups is 4. The van der Waals surface area contributed by atoms with Crippen molar-refractivity contribution in [2.45, 2.75) is 38.8 Å². The summed E-state index contributed by atoms with van der Waals surface area (Å²) in [6.45, 7) is 2.36. The van der Waals surface area contributed by atoms with Crippen molar-refractivity contribution in [1.82, 2.24) is 10.6 Å². The van der Waals surface area contributed by atoms with Gasteiger partial charge in [-0.25, -0.2) is 9.59 Å². The standard InChI is InChI=1S/C12H16N2O6/c1-7(15)13-9(11(17)18)5-3-4-6-10(12(19)20)14-8(2)16/h9-10H,5-6H2,1-2H3,(H,13,15)(H,14,16)(H,17,18)(H,19,20). The number of carbonyl (C=O) groups excluding carboxylic acids is 2. The molecule has 0 fully saturated rings. The maximum absolute atomic E-state index is 10.8. The van der Waals surface area contributed by atoms with Crippen molar-refractivity contribution in [2.75, 3.05) is 0 Å². The van der Waals surface area contributed by atoms with E-state index in [1.54, 1.807) is 0 Å². The Hall–Kier alpha value is -2.56. The van der Waals surface area contributed by atoms with Crippen molar-refractivity contribution in [1.29, 1.82) is 0 Å². The zero-order valence-corrected chi connectivity index (χ0v) is 11.1. The molecule has 0 aliphatic rings. The summed E-state index contributed by atoms with van der Waals surface area (Å²) in [5.41, 5.74) is 0. The number of carboxylic acids is 2. The number of hydrogen-bond acceptors (Lipinski definition) is 4. The molecule has 0 aromatic carbocycles. The summed E-state index contributed by atoms with van der Waals surface area (Å²) in [7, 11) is 0. The molecule has 8 heteroatoms. The Morgan fingerprint density at radius 3 is 1.35 bits per heavy atom. The van der Waals surface area contributed by atoms with Gasteiger partial charge < -0.3 is 20.8 Å². The third-order valence-electron chi connectivity index (χ3n) is 2.09. The topological polar surface area (TPSA) is 133 Å². The van der Waals surface area contributed by atoms with Crippen LogP contribution in [0.2, 0.25) is 0 Å². The van der Waals surface area contributed by atoms with Gasteiger partial charge in [-0.2, -0.15) is 0 Å². The molecule has 2 unspecified atom stereocenters. The quantitative estimate of drug-likeness (QED) is 0.460. The maximum Gasteiger partial charge on any atom is 0.327 e. The molecule has 0 radical (unpaired) electrons. The Labute approximate surface area is 115 Å². The van der Waals surface area contributed by atoms with Crippen LogP contribution < -0.4 is 10.6 Å². The van der Waals surface area contributed by atoms with E-state index >= 15 is 0 Å². The highest BCUT2D eigenvalue weighted by Crippen LogP contribution is 1.94. The van der Waals surface area contributed by atoms with Gasteiger partial charge in [0.25, 0.3) is 0 Å². The van der Waals surface area contributed by atoms with Crippen molar-refractivity contribution in [2.24, 2.45) is 0 Å². The highest BCUT2D eigenvalue weighted by molar-refractivity contribution is 5.83. The van der Waals surface area contributed by atoms with Gasteiger partial charge in [-0.15, -0.1) is 11.8 Å². The lowest BCUT2D eigenvalue weighted by Crippen LogP contribution is -2.39. The second-order valence-corrected chi connectivity index (χ2v) is 3.94. The van der Waals surface area contributed by atoms with Gasteiger partial charge in [-0.3, -0.25) is 9.59 Å². The Balaban J connectivity index is 4.49. The second-order valence-electron chi connectivity index (χ2n) is 3.94. The molecule has 0 aromatic rings. The van der Waals surface area contributed by atoms with Crippen LogP contribution in [0.15, 0.2) is 0 Å². The van der Waals surface area contributed by atoms with Crippen LogP contribution in [0.25, 0.3) is 0 Å². The first-order valence-corrected chi connectivity index (χ1v) is 5.69. The van der Waals surface area contributed by atoms with E-state index in [9.17, 15) is 19.2 Å². The van der Waals surface area contributed by atoms with E-state index in [4.69, 9.17) is 10.2 Å². The molecule has 0 rings (SSSR count). The number of hydrogen-bond donors (Lipinski definition) is 4. The molecule has 0 aliphatic carbocycles. The van der Waals surface area contributed by atoms with Crippen molar-refractivity contribution in [3.63, 3.8) is 0 Å². The van der Waals surface area contributed by atoms with Crippen LogP contribution in [0.4, 0.5) is 0 Å². The Morgan fingerprint density at radius 2 is 1.15 bits per heavy atom. The molecule has 2 amide bonds. The zero-order valence-electron chi connectivity index (χ0n) is 11.1. The van der Waals surface area contributed by atoms with Crippen LogP contribution in [-0.2, 0) is 19.2 Å². The van der Waals surface area contributed by atoms with Crippen LogP contribution >= 0.6 is 0 Å². The molecular formula is C12H16N2O6. The summed E-state index contributed by atoms with van der Waals surface area (Å²) in [5.74, 6) is 1.48. The summed E-state index contributed by atoms with van der Waals surface area (Å²) in [4.78, 5) is 43.1. The van der Waals surface area contributed by atoms with Crippen molar-refractivity contribution >= 4 is 23.8 Å². The first-order chi connectivity index (χ1) is 9.23. The molecule has 20 heavy (non-hydrogen) atoms. The average molecular weight is 284 g/mol. The third kappa shape index (κ3) is 7.71. The lowest BCUT2D eigenvalue weighted by atomic mass is 10.1. The van der Waals surface area contributed by atoms with Crippen LogP contribution in [-0.4, -0.2) is 46.0 Å². The average Bonchev–Trinajstić information content (AvgIpc) is 2.29. The molecule has 110 valence electrons. The predicted molar refractivity (Wildman–Crippen MR) is 67.5 cm³/mol. The first kappa shape index (κ1) is 17.4. The maximum atomic E-state index is 10.8. The fourth-order valence-corrected chi connectivity index (χ4v) is 1.24. The minimum absolute atomic E-state index is 0.151. The molecule has 0 bridgehead atoms. The molecular weight excluding hydrogens is 268 g/mol. The number of nitrogens with one attached hydrogen (secondary N) is 2. The van der Waals surface area contributed by atoms with Crippen molar-refractivity contribution in [3.05, 3.63) is 0 Å². The molecule has 0 aromatic heterocycles. The van der Waals surface area contributed by atoms with Gasteiger partial charge in [0.1, 0.15) is 12.1 Å². The SMILES string of the molecule is CC(=O)NC(CC#CCC(NC(C)=O)C(=O)O)C(=O)O. The number of amides is 2. The molecule has 0 heterocycles. The summed E-state index contributed by atoms with van der Waals surface area (Å²) in [6, 6.07) is -2.30. The fraction of sp³-hybridized carbons (Fsp3) is 0.500. The molecule has 4 N–H and O–H groups in total. The van der Waals surface area contributed by atoms with Gasteiger partial charge in [-0.1, -0.05) is 0 Å². The van der Waals surface area contributed by atoms with Crippen LogP contribution in [0.3, 0.4) is 0 Å². The van der Waals surface area contributed by atoms with E-state index in [0.29, 0.717) is 0 Å². The molecule has 0 saturated carbocycles. The molecule has 0 saturated heterocycles. The lowest BCUT2D eigenvalue weighted by molar-refractivity contribution is -0.141. The minimum Gasteiger partial charge on any atom is -0.480 e. The highest BCUT2D eigenvalue weighted by Gasteiger charge is 2.18. The van der Waals surface area contributed by atoms with Gasteiger partial charge in [-0.05, 0) is 0 Å². The number of rotatable bonds is 6. The summed E-state index contributed by atoms with van der Waals surface area (Å²) >= 11 is 0. The van der Waals surface area contributed by atoms with Crippen LogP contribution in [0.1, 0.15) is 26.7 Å². The van der Waals surface area contributed by atoms with E-state index in [2.05, 4.69) is 22.5 Å². The monoisotopic (exact) mass is 284 g/mol. The number of aliphatic carboxylic acids is 2. The molecule has 8 nitrogen and oxygen atoms in total. The first-order valence-electron chi connectivity index (χ1n) is 5.69. The second kappa shape index (κ2) is 8.53. The summed E-state index contributed by atoms with van der Waals surface area (Å²) < 4.78 is 0. The highest BCUT2D eigenvalue weighted by atomic mass is 16.4. The van der Waals surface area contributed by atoms with Crippen LogP contribution in [0, 0.1) is 11.8 Å². The van der Waals surface area contributed by atoms with E-state index in [1.807, 2.05) is 0 Å². The number of carboxylic acid groups (broad SMARTS) is 2. The van der Waals surface area contributed by atoms with Crippen molar-refractivity contribution in [3.8, 4) is 11.8 Å². The van der Waals surface area contributed by atoms with Gasteiger partial charge >= 0.3 is 11.9 Å². The fourth-order valence-electron chi connectivity index (χ4n) is 1.24. The zero-order chi connectivity index (χ0) is 15.7. The summed E-state index contributed by atoms with van der Waals surface area (Å²) in [5, 5.41) is 22.0. The molecule has 0 aliphatic heterocycles. The smallest absolute Gasteiger partial charge is 0.327 e. The largest absolute Gasteiger partial charge is 0.480 e. The van der Waals surface area contributed by atoms with E-state index in [-0.39, 0.29) is 12.8 Å². The lowest BCUT2D eigenvalue weighted by Gasteiger charge is -2.10. The van der Waals surface area contributed by atoms with Crippen LogP contribution in [0.5, 0.6) is 0 Å².